The topological polar surface area (TPSA) is 116 Å². The molecule has 3 amide bonds. The summed E-state index contributed by atoms with van der Waals surface area (Å²) in [5.74, 6) is -0.402. The Morgan fingerprint density at radius 2 is 1.67 bits per heavy atom. The third-order valence-electron chi connectivity index (χ3n) is 6.36. The minimum atomic E-state index is -4.70. The minimum absolute atomic E-state index is 0.0673. The molecule has 2 aromatic heterocycles. The summed E-state index contributed by atoms with van der Waals surface area (Å²) in [4.78, 5) is 35.2. The molecule has 1 aliphatic rings. The molecular weight excluding hydrogens is 588 g/mol. The van der Waals surface area contributed by atoms with Gasteiger partial charge in [-0.25, -0.2) is 14.8 Å². The summed E-state index contributed by atoms with van der Waals surface area (Å²) >= 11 is 0.951. The molecule has 1 saturated heterocycles. The molecule has 1 atom stereocenters. The maximum Gasteiger partial charge on any atom is 0.418 e. The van der Waals surface area contributed by atoms with Crippen LogP contribution in [0.4, 0.5) is 40.3 Å². The minimum Gasteiger partial charge on any atom is -0.340 e. The van der Waals surface area contributed by atoms with E-state index in [9.17, 15) is 27.3 Å². The van der Waals surface area contributed by atoms with Gasteiger partial charge in [-0.3, -0.25) is 14.7 Å². The van der Waals surface area contributed by atoms with E-state index in [4.69, 9.17) is 0 Å². The molecule has 14 heteroatoms. The van der Waals surface area contributed by atoms with Crippen LogP contribution in [-0.2, 0) is 10.7 Å². The van der Waals surface area contributed by atoms with Crippen molar-refractivity contribution in [2.45, 2.75) is 19.0 Å². The standard InChI is InChI=1S/C28H24F3N6O3PS/c1-41(40)20-9-7-17(8-10-20)25(38)36-26-34-22(16-42-26)24-21(28(29,30)31)11-12-23(35-24)32-18-5-4-6-19(15-18)33-27(39)37-13-2-3-14-37/h4-12,15-16H,1-3,13-14H2,(H,32,35)(H,33,39)(H,34,36,38). The second-order valence-corrected chi connectivity index (χ2v) is 11.5. The van der Waals surface area contributed by atoms with E-state index in [0.29, 0.717) is 29.8 Å². The summed E-state index contributed by atoms with van der Waals surface area (Å²) in [7, 11) is -1.80. The molecule has 0 bridgehead atoms. The zero-order valence-corrected chi connectivity index (χ0v) is 23.7. The van der Waals surface area contributed by atoms with Gasteiger partial charge in [-0.2, -0.15) is 13.2 Å². The van der Waals surface area contributed by atoms with Crippen LogP contribution in [-0.4, -0.2) is 46.2 Å². The van der Waals surface area contributed by atoms with Crippen molar-refractivity contribution in [2.75, 3.05) is 29.0 Å². The first-order valence-electron chi connectivity index (χ1n) is 12.7. The first kappa shape index (κ1) is 29.0. The number of alkyl halides is 3. The molecule has 2 aromatic carbocycles. The number of rotatable bonds is 7. The summed E-state index contributed by atoms with van der Waals surface area (Å²) in [5, 5.41) is 10.3. The summed E-state index contributed by atoms with van der Waals surface area (Å²) in [6.45, 7) is 1.38. The van der Waals surface area contributed by atoms with Crippen molar-refractivity contribution < 1.29 is 27.3 Å². The number of hydrogen-bond donors (Lipinski definition) is 3. The summed E-state index contributed by atoms with van der Waals surface area (Å²) in [6.07, 6.45) is 0.668. The van der Waals surface area contributed by atoms with Gasteiger partial charge in [0.25, 0.3) is 5.91 Å². The molecular formula is C28H24F3N6O3PS. The summed E-state index contributed by atoms with van der Waals surface area (Å²) < 4.78 is 53.2. The number of carbonyl (C=O) groups is 2. The predicted molar refractivity (Wildman–Crippen MR) is 159 cm³/mol. The van der Waals surface area contributed by atoms with Gasteiger partial charge in [0.1, 0.15) is 24.6 Å². The Kier molecular flexibility index (Phi) is 8.41. The monoisotopic (exact) mass is 612 g/mol. The van der Waals surface area contributed by atoms with E-state index in [-0.39, 0.29) is 28.2 Å². The van der Waals surface area contributed by atoms with Crippen molar-refractivity contribution in [1.29, 1.82) is 0 Å². The lowest BCUT2D eigenvalue weighted by atomic mass is 10.1. The van der Waals surface area contributed by atoms with Gasteiger partial charge in [0.2, 0.25) is 0 Å². The fraction of sp³-hybridized carbons (Fsp3) is 0.179. The van der Waals surface area contributed by atoms with Crippen molar-refractivity contribution in [1.82, 2.24) is 14.9 Å². The second-order valence-electron chi connectivity index (χ2n) is 9.34. The molecule has 216 valence electrons. The number of halogens is 3. The Hall–Kier alpha value is -4.48. The lowest BCUT2D eigenvalue weighted by Crippen LogP contribution is -2.32. The van der Waals surface area contributed by atoms with Crippen LogP contribution < -0.4 is 21.3 Å². The van der Waals surface area contributed by atoms with Crippen LogP contribution >= 0.6 is 18.8 Å². The highest BCUT2D eigenvalue weighted by Crippen LogP contribution is 2.38. The van der Waals surface area contributed by atoms with Crippen molar-refractivity contribution in [2.24, 2.45) is 0 Å². The average molecular weight is 613 g/mol. The quantitative estimate of drug-likeness (QED) is 0.199. The molecule has 5 rings (SSSR count). The molecule has 3 heterocycles. The zero-order valence-electron chi connectivity index (χ0n) is 21.9. The molecule has 42 heavy (non-hydrogen) atoms. The number of carbonyl (C=O) groups excluding carboxylic acids is 2. The molecule has 0 spiro atoms. The Balaban J connectivity index is 1.35. The number of anilines is 4. The van der Waals surface area contributed by atoms with Crippen LogP contribution in [0.25, 0.3) is 11.4 Å². The van der Waals surface area contributed by atoms with Gasteiger partial charge in [0.05, 0.1) is 5.56 Å². The lowest BCUT2D eigenvalue weighted by molar-refractivity contribution is -0.137. The van der Waals surface area contributed by atoms with E-state index >= 15 is 0 Å². The van der Waals surface area contributed by atoms with Crippen LogP contribution in [0, 0.1) is 0 Å². The lowest BCUT2D eigenvalue weighted by Gasteiger charge is -2.17. The van der Waals surface area contributed by atoms with E-state index < -0.39 is 30.8 Å². The third kappa shape index (κ3) is 6.87. The first-order chi connectivity index (χ1) is 20.1. The van der Waals surface area contributed by atoms with Crippen LogP contribution in [0.1, 0.15) is 28.8 Å². The van der Waals surface area contributed by atoms with E-state index in [0.717, 1.165) is 30.2 Å². The number of aromatic nitrogens is 2. The maximum atomic E-state index is 13.9. The van der Waals surface area contributed by atoms with Crippen LogP contribution in [0.2, 0.25) is 0 Å². The number of amides is 3. The number of hydrogen-bond acceptors (Lipinski definition) is 7. The molecule has 9 nitrogen and oxygen atoms in total. The number of urea groups is 1. The van der Waals surface area contributed by atoms with E-state index in [2.05, 4.69) is 32.2 Å². The summed E-state index contributed by atoms with van der Waals surface area (Å²) in [5.41, 5.74) is -0.173. The Labute approximate surface area is 243 Å². The van der Waals surface area contributed by atoms with Gasteiger partial charge in [0.15, 0.2) is 5.13 Å². The largest absolute Gasteiger partial charge is 0.418 e. The van der Waals surface area contributed by atoms with Gasteiger partial charge in [0, 0.05) is 40.7 Å². The van der Waals surface area contributed by atoms with Gasteiger partial charge < -0.3 is 15.5 Å². The highest BCUT2D eigenvalue weighted by Gasteiger charge is 2.35. The fourth-order valence-electron chi connectivity index (χ4n) is 4.29. The molecule has 0 aliphatic carbocycles. The van der Waals surface area contributed by atoms with Crippen molar-refractivity contribution in [3.63, 3.8) is 0 Å². The molecule has 1 unspecified atom stereocenters. The van der Waals surface area contributed by atoms with Crippen molar-refractivity contribution in [3.8, 4) is 11.4 Å². The van der Waals surface area contributed by atoms with Crippen molar-refractivity contribution >= 4 is 64.6 Å². The van der Waals surface area contributed by atoms with E-state index in [1.54, 1.807) is 29.2 Å². The van der Waals surface area contributed by atoms with Crippen LogP contribution in [0.3, 0.4) is 0 Å². The SMILES string of the molecule is C=P(=O)c1ccc(C(=O)Nc2nc(-c3nc(Nc4cccc(NC(=O)N5CCCC5)c4)ccc3C(F)(F)F)cs2)cc1. The van der Waals surface area contributed by atoms with Crippen LogP contribution in [0.15, 0.2) is 66.0 Å². The zero-order chi connectivity index (χ0) is 29.9. The second kappa shape index (κ2) is 12.2. The molecule has 3 N–H and O–H groups in total. The van der Waals surface area contributed by atoms with Gasteiger partial charge in [-0.05, 0) is 73.7 Å². The number of benzene rings is 2. The van der Waals surface area contributed by atoms with Gasteiger partial charge in [-0.15, -0.1) is 11.3 Å². The average Bonchev–Trinajstić information content (AvgIpc) is 3.66. The normalized spacial score (nSPS) is 13.5. The highest BCUT2D eigenvalue weighted by molar-refractivity contribution is 7.51. The smallest absolute Gasteiger partial charge is 0.340 e. The number of nitrogens with zero attached hydrogens (tertiary/aromatic N) is 3. The molecule has 1 aliphatic heterocycles. The van der Waals surface area contributed by atoms with Crippen molar-refractivity contribution in [3.05, 3.63) is 77.2 Å². The van der Waals surface area contributed by atoms with Gasteiger partial charge in [-0.1, -0.05) is 6.07 Å². The predicted octanol–water partition coefficient (Wildman–Crippen LogP) is 6.73. The van der Waals surface area contributed by atoms with E-state index in [1.165, 1.54) is 35.7 Å². The molecule has 1 fully saturated rings. The number of pyridine rings is 1. The molecule has 0 radical (unpaired) electrons. The number of nitrogens with one attached hydrogen (secondary N) is 3. The first-order valence-corrected chi connectivity index (χ1v) is 15.1. The number of likely N-dealkylation sites (tertiary alicyclic amines) is 1. The molecule has 4 aromatic rings. The van der Waals surface area contributed by atoms with E-state index in [1.807, 2.05) is 0 Å². The van der Waals surface area contributed by atoms with Crippen LogP contribution in [0.5, 0.6) is 0 Å². The Morgan fingerprint density at radius 1 is 0.952 bits per heavy atom. The maximum absolute atomic E-state index is 13.9. The Bertz CT molecular complexity index is 1690. The summed E-state index contributed by atoms with van der Waals surface area (Å²) in [6, 6.07) is 14.7. The Morgan fingerprint density at radius 3 is 2.36 bits per heavy atom. The molecule has 0 saturated carbocycles. The highest BCUT2D eigenvalue weighted by atomic mass is 32.1. The number of thiazole rings is 1. The third-order valence-corrected chi connectivity index (χ3v) is 8.00. The van der Waals surface area contributed by atoms with Gasteiger partial charge >= 0.3 is 12.2 Å². The fourth-order valence-corrected chi connectivity index (χ4v) is 5.46.